The van der Waals surface area contributed by atoms with Gasteiger partial charge in [-0.15, -0.1) is 0 Å². The molecule has 130 valence electrons. The van der Waals surface area contributed by atoms with Crippen LogP contribution in [0.3, 0.4) is 0 Å². The Labute approximate surface area is 144 Å². The molecule has 2 saturated heterocycles. The van der Waals surface area contributed by atoms with Gasteiger partial charge < -0.3 is 15.1 Å². The number of likely N-dealkylation sites (tertiary alicyclic amines) is 2. The third-order valence-corrected chi connectivity index (χ3v) is 5.83. The number of rotatable bonds is 1. The molecule has 24 heavy (non-hydrogen) atoms. The summed E-state index contributed by atoms with van der Waals surface area (Å²) < 4.78 is 0. The topological polar surface area (TPSA) is 52.7 Å². The molecule has 5 heteroatoms. The Morgan fingerprint density at radius 1 is 1.17 bits per heavy atom. The normalized spacial score (nSPS) is 20.4. The van der Waals surface area contributed by atoms with E-state index in [-0.39, 0.29) is 17.4 Å². The van der Waals surface area contributed by atoms with Crippen LogP contribution < -0.4 is 5.32 Å². The lowest BCUT2D eigenvalue weighted by Gasteiger charge is -2.46. The Balaban J connectivity index is 1.59. The van der Waals surface area contributed by atoms with Crippen molar-refractivity contribution in [3.05, 3.63) is 29.3 Å². The van der Waals surface area contributed by atoms with Gasteiger partial charge in [0.2, 0.25) is 5.91 Å². The summed E-state index contributed by atoms with van der Waals surface area (Å²) in [5, 5.41) is 3.05. The second-order valence-electron chi connectivity index (χ2n) is 7.41. The van der Waals surface area contributed by atoms with Crippen molar-refractivity contribution < 1.29 is 9.59 Å². The number of hydrogen-bond acceptors (Lipinski definition) is 2. The summed E-state index contributed by atoms with van der Waals surface area (Å²) in [5.74, 6) is 0.246. The fourth-order valence-electron chi connectivity index (χ4n) is 3.91. The SMILES string of the molecule is Cc1cccc(NC(=O)N2CCC3(CCC(=O)N(C)C3)CC2)c1C. The molecule has 2 aliphatic rings. The Hall–Kier alpha value is -2.04. The standard InChI is InChI=1S/C19H27N3O2/c1-14-5-4-6-16(15(14)2)20-18(24)22-11-9-19(10-12-22)8-7-17(23)21(3)13-19/h4-6H,7-13H2,1-3H3,(H,20,24). The first-order valence-electron chi connectivity index (χ1n) is 8.76. The van der Waals surface area contributed by atoms with Crippen LogP contribution in [0.5, 0.6) is 0 Å². The molecular weight excluding hydrogens is 302 g/mol. The zero-order valence-corrected chi connectivity index (χ0v) is 14.9. The summed E-state index contributed by atoms with van der Waals surface area (Å²) in [6.45, 7) is 6.44. The van der Waals surface area contributed by atoms with E-state index in [9.17, 15) is 9.59 Å². The summed E-state index contributed by atoms with van der Waals surface area (Å²) >= 11 is 0. The van der Waals surface area contributed by atoms with Crippen LogP contribution in [0.2, 0.25) is 0 Å². The van der Waals surface area contributed by atoms with E-state index in [0.717, 1.165) is 50.1 Å². The maximum atomic E-state index is 12.6. The quantitative estimate of drug-likeness (QED) is 0.860. The first kappa shape index (κ1) is 16.8. The second-order valence-corrected chi connectivity index (χ2v) is 7.41. The fraction of sp³-hybridized carbons (Fsp3) is 0.579. The summed E-state index contributed by atoms with van der Waals surface area (Å²) in [6, 6.07) is 5.96. The van der Waals surface area contributed by atoms with Crippen molar-refractivity contribution >= 4 is 17.6 Å². The Morgan fingerprint density at radius 2 is 1.88 bits per heavy atom. The molecule has 1 N–H and O–H groups in total. The van der Waals surface area contributed by atoms with Gasteiger partial charge in [0.05, 0.1) is 0 Å². The van der Waals surface area contributed by atoms with Crippen LogP contribution >= 0.6 is 0 Å². The highest BCUT2D eigenvalue weighted by Crippen LogP contribution is 2.39. The molecule has 1 spiro atoms. The van der Waals surface area contributed by atoms with Crippen LogP contribution in [0, 0.1) is 19.3 Å². The number of aryl methyl sites for hydroxylation is 1. The largest absolute Gasteiger partial charge is 0.345 e. The van der Waals surface area contributed by atoms with Crippen molar-refractivity contribution in [2.75, 3.05) is 32.0 Å². The van der Waals surface area contributed by atoms with Crippen molar-refractivity contribution in [3.8, 4) is 0 Å². The van der Waals surface area contributed by atoms with Crippen LogP contribution in [-0.2, 0) is 4.79 Å². The van der Waals surface area contributed by atoms with Gasteiger partial charge in [-0.2, -0.15) is 0 Å². The van der Waals surface area contributed by atoms with Gasteiger partial charge in [-0.3, -0.25) is 4.79 Å². The number of benzene rings is 1. The number of carbonyl (C=O) groups is 2. The van der Waals surface area contributed by atoms with E-state index in [4.69, 9.17) is 0 Å². The third-order valence-electron chi connectivity index (χ3n) is 5.83. The highest BCUT2D eigenvalue weighted by Gasteiger charge is 2.40. The minimum absolute atomic E-state index is 0.0150. The molecule has 1 aromatic carbocycles. The Bertz CT molecular complexity index is 648. The van der Waals surface area contributed by atoms with E-state index in [0.29, 0.717) is 6.42 Å². The summed E-state index contributed by atoms with van der Waals surface area (Å²) in [5.41, 5.74) is 3.40. The van der Waals surface area contributed by atoms with Gasteiger partial charge in [-0.25, -0.2) is 4.79 Å². The van der Waals surface area contributed by atoms with Crippen molar-refractivity contribution in [1.82, 2.24) is 9.80 Å². The van der Waals surface area contributed by atoms with Crippen molar-refractivity contribution in [2.45, 2.75) is 39.5 Å². The lowest BCUT2D eigenvalue weighted by atomic mass is 9.72. The second kappa shape index (κ2) is 6.46. The van der Waals surface area contributed by atoms with E-state index in [2.05, 4.69) is 18.3 Å². The van der Waals surface area contributed by atoms with Gasteiger partial charge >= 0.3 is 6.03 Å². The average Bonchev–Trinajstić information content (AvgIpc) is 2.56. The molecule has 0 radical (unpaired) electrons. The van der Waals surface area contributed by atoms with Gasteiger partial charge in [-0.1, -0.05) is 12.1 Å². The van der Waals surface area contributed by atoms with Gasteiger partial charge in [0.1, 0.15) is 0 Å². The third kappa shape index (κ3) is 3.25. The van der Waals surface area contributed by atoms with Crippen LogP contribution in [0.15, 0.2) is 18.2 Å². The molecule has 3 rings (SSSR count). The van der Waals surface area contributed by atoms with Gasteiger partial charge in [0.25, 0.3) is 0 Å². The summed E-state index contributed by atoms with van der Waals surface area (Å²) in [4.78, 5) is 28.0. The number of nitrogens with one attached hydrogen (secondary N) is 1. The average molecular weight is 329 g/mol. The van der Waals surface area contributed by atoms with Gasteiger partial charge in [-0.05, 0) is 55.7 Å². The minimum atomic E-state index is -0.0150. The Kier molecular flexibility index (Phi) is 4.52. The molecule has 0 aromatic heterocycles. The number of hydrogen-bond donors (Lipinski definition) is 1. The molecule has 2 aliphatic heterocycles. The predicted molar refractivity (Wildman–Crippen MR) is 95.0 cm³/mol. The maximum Gasteiger partial charge on any atom is 0.321 e. The van der Waals surface area contributed by atoms with Crippen molar-refractivity contribution in [3.63, 3.8) is 0 Å². The monoisotopic (exact) mass is 329 g/mol. The maximum absolute atomic E-state index is 12.6. The van der Waals surface area contributed by atoms with E-state index >= 15 is 0 Å². The zero-order valence-electron chi connectivity index (χ0n) is 14.9. The molecule has 2 fully saturated rings. The molecule has 5 nitrogen and oxygen atoms in total. The number of anilines is 1. The van der Waals surface area contributed by atoms with E-state index in [1.807, 2.05) is 35.9 Å². The van der Waals surface area contributed by atoms with Crippen LogP contribution in [0.4, 0.5) is 10.5 Å². The molecular formula is C19H27N3O2. The summed E-state index contributed by atoms with van der Waals surface area (Å²) in [6.07, 6.45) is 3.56. The minimum Gasteiger partial charge on any atom is -0.345 e. The Morgan fingerprint density at radius 3 is 2.54 bits per heavy atom. The van der Waals surface area contributed by atoms with Crippen molar-refractivity contribution in [2.24, 2.45) is 5.41 Å². The number of piperidine rings is 2. The summed E-state index contributed by atoms with van der Waals surface area (Å²) in [7, 11) is 1.89. The number of urea groups is 1. The molecule has 0 unspecified atom stereocenters. The van der Waals surface area contributed by atoms with Crippen LogP contribution in [0.25, 0.3) is 0 Å². The van der Waals surface area contributed by atoms with Gasteiger partial charge in [0, 0.05) is 38.8 Å². The highest BCUT2D eigenvalue weighted by atomic mass is 16.2. The molecule has 3 amide bonds. The van der Waals surface area contributed by atoms with E-state index in [1.165, 1.54) is 5.56 Å². The fourth-order valence-corrected chi connectivity index (χ4v) is 3.91. The molecule has 0 saturated carbocycles. The number of nitrogens with zero attached hydrogens (tertiary/aromatic N) is 2. The molecule has 0 atom stereocenters. The number of carbonyl (C=O) groups excluding carboxylic acids is 2. The molecule has 0 aliphatic carbocycles. The molecule has 2 heterocycles. The first-order chi connectivity index (χ1) is 11.4. The predicted octanol–water partition coefficient (Wildman–Crippen LogP) is 3.17. The van der Waals surface area contributed by atoms with E-state index < -0.39 is 0 Å². The van der Waals surface area contributed by atoms with Crippen LogP contribution in [0.1, 0.15) is 36.8 Å². The van der Waals surface area contributed by atoms with Gasteiger partial charge in [0.15, 0.2) is 0 Å². The molecule has 0 bridgehead atoms. The van der Waals surface area contributed by atoms with Crippen LogP contribution in [-0.4, -0.2) is 48.4 Å². The zero-order chi connectivity index (χ0) is 17.3. The smallest absolute Gasteiger partial charge is 0.321 e. The highest BCUT2D eigenvalue weighted by molar-refractivity contribution is 5.90. The lowest BCUT2D eigenvalue weighted by molar-refractivity contribution is -0.137. The molecule has 1 aromatic rings. The first-order valence-corrected chi connectivity index (χ1v) is 8.76. The van der Waals surface area contributed by atoms with E-state index in [1.54, 1.807) is 0 Å². The number of amides is 3. The van der Waals surface area contributed by atoms with Crippen molar-refractivity contribution in [1.29, 1.82) is 0 Å². The lowest BCUT2D eigenvalue weighted by Crippen LogP contribution is -2.51.